The summed E-state index contributed by atoms with van der Waals surface area (Å²) in [6.07, 6.45) is 3.62. The molecular formula is C11H16N2. The highest BCUT2D eigenvalue weighted by Crippen LogP contribution is 2.18. The second kappa shape index (κ2) is 4.77. The van der Waals surface area contributed by atoms with Gasteiger partial charge in [0, 0.05) is 12.4 Å². The van der Waals surface area contributed by atoms with E-state index in [1.165, 1.54) is 5.56 Å². The van der Waals surface area contributed by atoms with Gasteiger partial charge in [-0.05, 0) is 31.2 Å². The smallest absolute Gasteiger partial charge is 0.0531 e. The molecule has 0 aromatic carbocycles. The van der Waals surface area contributed by atoms with E-state index in [1.807, 2.05) is 31.5 Å². The molecule has 1 unspecified atom stereocenters. The molecule has 1 N–H and O–H groups in total. The minimum Gasteiger partial charge on any atom is -0.307 e. The van der Waals surface area contributed by atoms with Gasteiger partial charge in [-0.3, -0.25) is 4.98 Å². The van der Waals surface area contributed by atoms with E-state index in [-0.39, 0.29) is 6.04 Å². The fraction of sp³-hybridized carbons (Fsp3) is 0.364. The predicted octanol–water partition coefficient (Wildman–Crippen LogP) is 2.31. The second-order valence-electron chi connectivity index (χ2n) is 3.12. The Balaban J connectivity index is 2.82. The van der Waals surface area contributed by atoms with Crippen LogP contribution in [0.1, 0.15) is 25.5 Å². The number of nitrogens with one attached hydrogen (secondary N) is 1. The van der Waals surface area contributed by atoms with E-state index in [4.69, 9.17) is 0 Å². The van der Waals surface area contributed by atoms with Crippen LogP contribution in [0.2, 0.25) is 0 Å². The molecule has 1 aromatic rings. The number of rotatable bonds is 4. The molecule has 0 bridgehead atoms. The SMILES string of the molecule is C=C(C)C(NCC)c1ccncc1. The van der Waals surface area contributed by atoms with Crippen molar-refractivity contribution in [3.05, 3.63) is 42.2 Å². The molecule has 0 amide bonds. The van der Waals surface area contributed by atoms with Gasteiger partial charge < -0.3 is 5.32 Å². The summed E-state index contributed by atoms with van der Waals surface area (Å²) in [6, 6.07) is 4.29. The van der Waals surface area contributed by atoms with Gasteiger partial charge in [0.2, 0.25) is 0 Å². The van der Waals surface area contributed by atoms with Crippen LogP contribution >= 0.6 is 0 Å². The van der Waals surface area contributed by atoms with Crippen molar-refractivity contribution in [2.45, 2.75) is 19.9 Å². The number of likely N-dealkylation sites (N-methyl/N-ethyl adjacent to an activating group) is 1. The third-order valence-electron chi connectivity index (χ3n) is 1.94. The molecule has 0 fully saturated rings. The largest absolute Gasteiger partial charge is 0.307 e. The maximum absolute atomic E-state index is 3.99. The van der Waals surface area contributed by atoms with Crippen LogP contribution in [0.4, 0.5) is 0 Å². The molecule has 0 saturated heterocycles. The summed E-state index contributed by atoms with van der Waals surface area (Å²) in [6.45, 7) is 9.04. The standard InChI is InChI=1S/C11H16N2/c1-4-13-11(9(2)3)10-5-7-12-8-6-10/h5-8,11,13H,2,4H2,1,3H3. The van der Waals surface area contributed by atoms with Crippen molar-refractivity contribution in [1.82, 2.24) is 10.3 Å². The van der Waals surface area contributed by atoms with Gasteiger partial charge in [0.25, 0.3) is 0 Å². The highest BCUT2D eigenvalue weighted by molar-refractivity contribution is 5.23. The van der Waals surface area contributed by atoms with Gasteiger partial charge in [0.05, 0.1) is 6.04 Å². The Morgan fingerprint density at radius 2 is 2.15 bits per heavy atom. The van der Waals surface area contributed by atoms with E-state index in [9.17, 15) is 0 Å². The quantitative estimate of drug-likeness (QED) is 0.712. The summed E-state index contributed by atoms with van der Waals surface area (Å²) in [5, 5.41) is 3.37. The predicted molar refractivity (Wildman–Crippen MR) is 55.5 cm³/mol. The number of aromatic nitrogens is 1. The number of nitrogens with zero attached hydrogens (tertiary/aromatic N) is 1. The molecular weight excluding hydrogens is 160 g/mol. The van der Waals surface area contributed by atoms with Crippen molar-refractivity contribution in [2.24, 2.45) is 0 Å². The van der Waals surface area contributed by atoms with E-state index in [0.29, 0.717) is 0 Å². The fourth-order valence-corrected chi connectivity index (χ4v) is 1.34. The first-order chi connectivity index (χ1) is 6.25. The first-order valence-corrected chi connectivity index (χ1v) is 4.54. The van der Waals surface area contributed by atoms with Crippen LogP contribution in [-0.2, 0) is 0 Å². The zero-order valence-corrected chi connectivity index (χ0v) is 8.25. The Kier molecular flexibility index (Phi) is 3.65. The van der Waals surface area contributed by atoms with E-state index >= 15 is 0 Å². The minimum absolute atomic E-state index is 0.257. The van der Waals surface area contributed by atoms with Gasteiger partial charge in [-0.2, -0.15) is 0 Å². The molecule has 1 atom stereocenters. The lowest BCUT2D eigenvalue weighted by Gasteiger charge is -2.17. The molecule has 70 valence electrons. The Morgan fingerprint density at radius 1 is 1.54 bits per heavy atom. The summed E-state index contributed by atoms with van der Waals surface area (Å²) in [7, 11) is 0. The average Bonchev–Trinajstić information content (AvgIpc) is 2.15. The topological polar surface area (TPSA) is 24.9 Å². The van der Waals surface area contributed by atoms with Crippen molar-refractivity contribution in [3.8, 4) is 0 Å². The highest BCUT2D eigenvalue weighted by Gasteiger charge is 2.09. The number of hydrogen-bond donors (Lipinski definition) is 1. The van der Waals surface area contributed by atoms with Crippen molar-refractivity contribution in [1.29, 1.82) is 0 Å². The average molecular weight is 176 g/mol. The molecule has 0 spiro atoms. The molecule has 0 radical (unpaired) electrons. The maximum Gasteiger partial charge on any atom is 0.0531 e. The lowest BCUT2D eigenvalue weighted by Crippen LogP contribution is -2.21. The third-order valence-corrected chi connectivity index (χ3v) is 1.94. The number of hydrogen-bond acceptors (Lipinski definition) is 2. The Hall–Kier alpha value is -1.15. The van der Waals surface area contributed by atoms with Gasteiger partial charge >= 0.3 is 0 Å². The van der Waals surface area contributed by atoms with Crippen LogP contribution < -0.4 is 5.32 Å². The van der Waals surface area contributed by atoms with E-state index in [2.05, 4.69) is 23.8 Å². The summed E-state index contributed by atoms with van der Waals surface area (Å²) in [5.41, 5.74) is 2.36. The summed E-state index contributed by atoms with van der Waals surface area (Å²) >= 11 is 0. The van der Waals surface area contributed by atoms with Gasteiger partial charge in [-0.15, -0.1) is 0 Å². The number of pyridine rings is 1. The molecule has 0 aliphatic rings. The van der Waals surface area contributed by atoms with Gasteiger partial charge in [-0.25, -0.2) is 0 Å². The lowest BCUT2D eigenvalue weighted by atomic mass is 10.0. The minimum atomic E-state index is 0.257. The first-order valence-electron chi connectivity index (χ1n) is 4.54. The van der Waals surface area contributed by atoms with Crippen LogP contribution in [0.15, 0.2) is 36.7 Å². The second-order valence-corrected chi connectivity index (χ2v) is 3.12. The molecule has 1 heterocycles. The summed E-state index contributed by atoms with van der Waals surface area (Å²) in [4.78, 5) is 3.99. The fourth-order valence-electron chi connectivity index (χ4n) is 1.34. The van der Waals surface area contributed by atoms with Crippen molar-refractivity contribution in [3.63, 3.8) is 0 Å². The van der Waals surface area contributed by atoms with Crippen molar-refractivity contribution < 1.29 is 0 Å². The summed E-state index contributed by atoms with van der Waals surface area (Å²) in [5.74, 6) is 0. The zero-order chi connectivity index (χ0) is 9.68. The highest BCUT2D eigenvalue weighted by atomic mass is 14.9. The van der Waals surface area contributed by atoms with Gasteiger partial charge in [0.15, 0.2) is 0 Å². The van der Waals surface area contributed by atoms with Crippen LogP contribution in [0.5, 0.6) is 0 Å². The first kappa shape index (κ1) is 9.93. The molecule has 0 aliphatic carbocycles. The maximum atomic E-state index is 3.99. The van der Waals surface area contributed by atoms with Crippen LogP contribution in [0.25, 0.3) is 0 Å². The lowest BCUT2D eigenvalue weighted by molar-refractivity contribution is 0.621. The molecule has 2 nitrogen and oxygen atoms in total. The molecule has 13 heavy (non-hydrogen) atoms. The summed E-state index contributed by atoms with van der Waals surface area (Å²) < 4.78 is 0. The van der Waals surface area contributed by atoms with Gasteiger partial charge in [-0.1, -0.05) is 19.1 Å². The zero-order valence-electron chi connectivity index (χ0n) is 8.25. The normalized spacial score (nSPS) is 12.5. The van der Waals surface area contributed by atoms with E-state index < -0.39 is 0 Å². The Bertz CT molecular complexity index is 267. The van der Waals surface area contributed by atoms with Crippen LogP contribution in [0.3, 0.4) is 0 Å². The molecule has 0 saturated carbocycles. The Morgan fingerprint density at radius 3 is 2.62 bits per heavy atom. The molecule has 1 aromatic heterocycles. The van der Waals surface area contributed by atoms with E-state index in [1.54, 1.807) is 0 Å². The molecule has 2 heteroatoms. The van der Waals surface area contributed by atoms with Gasteiger partial charge in [0.1, 0.15) is 0 Å². The van der Waals surface area contributed by atoms with Crippen LogP contribution in [0, 0.1) is 0 Å². The van der Waals surface area contributed by atoms with Crippen LogP contribution in [-0.4, -0.2) is 11.5 Å². The Labute approximate surface area is 79.7 Å². The van der Waals surface area contributed by atoms with Crippen molar-refractivity contribution >= 4 is 0 Å². The monoisotopic (exact) mass is 176 g/mol. The molecule has 0 aliphatic heterocycles. The van der Waals surface area contributed by atoms with E-state index in [0.717, 1.165) is 12.1 Å². The van der Waals surface area contributed by atoms with Crippen molar-refractivity contribution in [2.75, 3.05) is 6.54 Å². The molecule has 1 rings (SSSR count). The third kappa shape index (κ3) is 2.67.